The van der Waals surface area contributed by atoms with Gasteiger partial charge in [-0.05, 0) is 47.9 Å². The summed E-state index contributed by atoms with van der Waals surface area (Å²) < 4.78 is 40.6. The molecule has 2 aromatic heterocycles. The fourth-order valence-electron chi connectivity index (χ4n) is 2.85. The van der Waals surface area contributed by atoms with Gasteiger partial charge in [-0.2, -0.15) is 13.2 Å². The minimum absolute atomic E-state index is 0.305. The van der Waals surface area contributed by atoms with Gasteiger partial charge in [0.25, 0.3) is 0 Å². The first-order valence-corrected chi connectivity index (χ1v) is 7.70. The van der Waals surface area contributed by atoms with Crippen LogP contribution in [0.15, 0.2) is 60.8 Å². The topological polar surface area (TPSA) is 29.9 Å². The minimum atomic E-state index is -4.38. The van der Waals surface area contributed by atoms with Gasteiger partial charge < -0.3 is 9.88 Å². The van der Waals surface area contributed by atoms with Crippen LogP contribution in [0.25, 0.3) is 21.8 Å². The first-order valence-electron chi connectivity index (χ1n) is 7.70. The van der Waals surface area contributed by atoms with Gasteiger partial charge in [0.05, 0.1) is 11.1 Å². The second-order valence-electron chi connectivity index (χ2n) is 5.93. The van der Waals surface area contributed by atoms with Crippen molar-refractivity contribution >= 4 is 33.3 Å². The molecule has 0 bridgehead atoms. The number of hydrogen-bond donors (Lipinski definition) is 1. The number of nitrogens with zero attached hydrogens (tertiary/aromatic N) is 2. The number of alkyl halides is 3. The van der Waals surface area contributed by atoms with E-state index in [1.54, 1.807) is 12.1 Å². The average molecular weight is 341 g/mol. The Kier molecular flexibility index (Phi) is 3.42. The van der Waals surface area contributed by atoms with E-state index >= 15 is 0 Å². The Hall–Kier alpha value is -3.02. The van der Waals surface area contributed by atoms with Gasteiger partial charge in [-0.15, -0.1) is 0 Å². The third-order valence-electron chi connectivity index (χ3n) is 4.18. The fraction of sp³-hybridized carbons (Fsp3) is 0.105. The van der Waals surface area contributed by atoms with Gasteiger partial charge in [0.2, 0.25) is 0 Å². The molecule has 0 aliphatic carbocycles. The monoisotopic (exact) mass is 341 g/mol. The maximum Gasteiger partial charge on any atom is 0.416 e. The molecule has 2 aromatic carbocycles. The Morgan fingerprint density at radius 3 is 2.48 bits per heavy atom. The van der Waals surface area contributed by atoms with Gasteiger partial charge in [0, 0.05) is 29.8 Å². The molecule has 0 radical (unpaired) electrons. The Morgan fingerprint density at radius 2 is 1.68 bits per heavy atom. The fourth-order valence-corrected chi connectivity index (χ4v) is 2.85. The lowest BCUT2D eigenvalue weighted by Crippen LogP contribution is -2.04. The predicted octanol–water partition coefficient (Wildman–Crippen LogP) is 5.49. The molecule has 126 valence electrons. The molecule has 25 heavy (non-hydrogen) atoms. The Bertz CT molecular complexity index is 1080. The normalized spacial score (nSPS) is 12.0. The molecular formula is C19H14F3N3. The predicted molar refractivity (Wildman–Crippen MR) is 92.9 cm³/mol. The van der Waals surface area contributed by atoms with Gasteiger partial charge in [-0.25, -0.2) is 4.98 Å². The van der Waals surface area contributed by atoms with Crippen LogP contribution in [0.5, 0.6) is 0 Å². The van der Waals surface area contributed by atoms with Crippen LogP contribution >= 0.6 is 0 Å². The molecule has 0 aliphatic heterocycles. The SMILES string of the molecule is Cn1ccc2ccc(Nc3ccc4ccc(C(F)(F)F)cc4n3)cc21. The lowest BCUT2D eigenvalue weighted by atomic mass is 10.1. The zero-order chi connectivity index (χ0) is 17.6. The zero-order valence-electron chi connectivity index (χ0n) is 13.3. The third-order valence-corrected chi connectivity index (χ3v) is 4.18. The van der Waals surface area contributed by atoms with E-state index in [-0.39, 0.29) is 0 Å². The molecule has 3 nitrogen and oxygen atoms in total. The Morgan fingerprint density at radius 1 is 0.920 bits per heavy atom. The first kappa shape index (κ1) is 15.5. The highest BCUT2D eigenvalue weighted by Gasteiger charge is 2.30. The van der Waals surface area contributed by atoms with Gasteiger partial charge in [0.15, 0.2) is 0 Å². The van der Waals surface area contributed by atoms with Crippen LogP contribution in [0.1, 0.15) is 5.56 Å². The third kappa shape index (κ3) is 2.91. The van der Waals surface area contributed by atoms with Crippen molar-refractivity contribution in [3.8, 4) is 0 Å². The van der Waals surface area contributed by atoms with Crippen LogP contribution in [-0.4, -0.2) is 9.55 Å². The van der Waals surface area contributed by atoms with Crippen LogP contribution in [0.4, 0.5) is 24.7 Å². The van der Waals surface area contributed by atoms with Crippen molar-refractivity contribution < 1.29 is 13.2 Å². The Balaban J connectivity index is 1.71. The highest BCUT2D eigenvalue weighted by atomic mass is 19.4. The van der Waals surface area contributed by atoms with Crippen molar-refractivity contribution in [1.82, 2.24) is 9.55 Å². The minimum Gasteiger partial charge on any atom is -0.350 e. The summed E-state index contributed by atoms with van der Waals surface area (Å²) in [5, 5.41) is 4.94. The highest BCUT2D eigenvalue weighted by Crippen LogP contribution is 2.31. The van der Waals surface area contributed by atoms with E-state index in [0.717, 1.165) is 28.7 Å². The molecule has 0 saturated carbocycles. The lowest BCUT2D eigenvalue weighted by molar-refractivity contribution is -0.137. The molecule has 1 N–H and O–H groups in total. The molecule has 0 atom stereocenters. The highest BCUT2D eigenvalue weighted by molar-refractivity contribution is 5.85. The molecule has 0 spiro atoms. The van der Waals surface area contributed by atoms with Gasteiger partial charge in [0.1, 0.15) is 5.82 Å². The van der Waals surface area contributed by atoms with Crippen LogP contribution in [-0.2, 0) is 13.2 Å². The average Bonchev–Trinajstić information content (AvgIpc) is 2.94. The summed E-state index contributed by atoms with van der Waals surface area (Å²) in [5.41, 5.74) is 1.49. The molecule has 0 unspecified atom stereocenters. The molecule has 0 aliphatic rings. The second kappa shape index (κ2) is 5.51. The summed E-state index contributed by atoms with van der Waals surface area (Å²) in [6, 6.07) is 15.0. The maximum atomic E-state index is 12.9. The largest absolute Gasteiger partial charge is 0.416 e. The lowest BCUT2D eigenvalue weighted by Gasteiger charge is -2.10. The van der Waals surface area contributed by atoms with E-state index in [1.165, 1.54) is 6.07 Å². The van der Waals surface area contributed by atoms with E-state index in [4.69, 9.17) is 0 Å². The summed E-state index contributed by atoms with van der Waals surface area (Å²) in [5.74, 6) is 0.500. The zero-order valence-corrected chi connectivity index (χ0v) is 13.3. The number of pyridine rings is 1. The van der Waals surface area contributed by atoms with Crippen molar-refractivity contribution in [2.45, 2.75) is 6.18 Å². The van der Waals surface area contributed by atoms with Crippen molar-refractivity contribution in [3.05, 3.63) is 66.4 Å². The van der Waals surface area contributed by atoms with E-state index in [2.05, 4.69) is 10.3 Å². The van der Waals surface area contributed by atoms with Crippen molar-refractivity contribution in [2.75, 3.05) is 5.32 Å². The summed E-state index contributed by atoms with van der Waals surface area (Å²) in [4.78, 5) is 4.32. The van der Waals surface area contributed by atoms with Crippen molar-refractivity contribution in [2.24, 2.45) is 7.05 Å². The van der Waals surface area contributed by atoms with E-state index in [9.17, 15) is 13.2 Å². The van der Waals surface area contributed by atoms with Crippen LogP contribution in [0.2, 0.25) is 0 Å². The second-order valence-corrected chi connectivity index (χ2v) is 5.93. The summed E-state index contributed by atoms with van der Waals surface area (Å²) in [7, 11) is 1.96. The van der Waals surface area contributed by atoms with Gasteiger partial charge in [-0.3, -0.25) is 0 Å². The van der Waals surface area contributed by atoms with Gasteiger partial charge >= 0.3 is 6.18 Å². The van der Waals surface area contributed by atoms with Crippen LogP contribution < -0.4 is 5.32 Å². The number of nitrogens with one attached hydrogen (secondary N) is 1. The summed E-state index contributed by atoms with van der Waals surface area (Å²) in [6.45, 7) is 0. The molecule has 0 fully saturated rings. The van der Waals surface area contributed by atoms with Crippen molar-refractivity contribution in [1.29, 1.82) is 0 Å². The number of benzene rings is 2. The number of fused-ring (bicyclic) bond motifs is 2. The number of halogens is 3. The maximum absolute atomic E-state index is 12.9. The molecule has 2 heterocycles. The smallest absolute Gasteiger partial charge is 0.350 e. The Labute approximate surface area is 141 Å². The van der Waals surface area contributed by atoms with E-state index in [0.29, 0.717) is 16.7 Å². The quantitative estimate of drug-likeness (QED) is 0.522. The number of anilines is 2. The molecule has 4 aromatic rings. The standard InChI is InChI=1S/C19H14F3N3/c1-25-9-8-13-3-6-15(11-17(13)25)23-18-7-4-12-2-5-14(19(20,21)22)10-16(12)24-18/h2-11H,1H3,(H,23,24). The molecule has 4 rings (SSSR count). The van der Waals surface area contributed by atoms with E-state index < -0.39 is 11.7 Å². The van der Waals surface area contributed by atoms with Gasteiger partial charge in [-0.1, -0.05) is 12.1 Å². The summed E-state index contributed by atoms with van der Waals surface area (Å²) in [6.07, 6.45) is -2.40. The number of aryl methyl sites for hydroxylation is 1. The van der Waals surface area contributed by atoms with Crippen molar-refractivity contribution in [3.63, 3.8) is 0 Å². The number of aromatic nitrogens is 2. The van der Waals surface area contributed by atoms with E-state index in [1.807, 2.05) is 42.1 Å². The van der Waals surface area contributed by atoms with Crippen LogP contribution in [0.3, 0.4) is 0 Å². The molecule has 6 heteroatoms. The molecule has 0 saturated heterocycles. The molecular weight excluding hydrogens is 327 g/mol. The number of hydrogen-bond acceptors (Lipinski definition) is 2. The van der Waals surface area contributed by atoms with Crippen LogP contribution in [0, 0.1) is 0 Å². The number of rotatable bonds is 2. The summed E-state index contributed by atoms with van der Waals surface area (Å²) >= 11 is 0. The molecule has 0 amide bonds. The first-order chi connectivity index (χ1) is 11.9.